The van der Waals surface area contributed by atoms with Crippen molar-refractivity contribution in [3.8, 4) is 34.0 Å². The summed E-state index contributed by atoms with van der Waals surface area (Å²) in [6.07, 6.45) is 35.9. The van der Waals surface area contributed by atoms with Gasteiger partial charge < -0.3 is 23.9 Å². The molecule has 2 N–H and O–H groups in total. The Morgan fingerprint density at radius 3 is 1.28 bits per heavy atom. The van der Waals surface area contributed by atoms with E-state index in [1.807, 2.05) is 72.8 Å². The van der Waals surface area contributed by atoms with Crippen molar-refractivity contribution in [1.82, 2.24) is 9.97 Å². The van der Waals surface area contributed by atoms with E-state index in [9.17, 15) is 4.79 Å². The molecule has 5 aromatic rings. The van der Waals surface area contributed by atoms with Gasteiger partial charge in [-0.3, -0.25) is 4.79 Å². The number of carbonyl (C=O) groups is 1. The molecule has 1 aliphatic rings. The first-order valence-electron chi connectivity index (χ1n) is 25.5. The number of allylic oxidation sites excluding steroid dienone is 1. The Labute approximate surface area is 386 Å². The molecule has 0 amide bonds. The van der Waals surface area contributed by atoms with Crippen molar-refractivity contribution in [3.63, 3.8) is 0 Å². The number of hydrogen-bond donors (Lipinski definition) is 2. The zero-order chi connectivity index (χ0) is 44.4. The van der Waals surface area contributed by atoms with Gasteiger partial charge in [0, 0.05) is 17.5 Å². The Balaban J connectivity index is 1.08. The lowest BCUT2D eigenvalue weighted by Gasteiger charge is -2.12. The SMILES string of the molecule is CCCCCCCCCCCCCCc1cc2c(cc1CCCCCCCCCCCCCC)OB(O/C(=C\C(=O)c1ccc(-c3ccccc3)[nH]1)c1ccc(-c3ccccc3)[nH]1)O2. The van der Waals surface area contributed by atoms with Crippen molar-refractivity contribution in [1.29, 1.82) is 0 Å². The van der Waals surface area contributed by atoms with Crippen molar-refractivity contribution in [2.45, 2.75) is 181 Å². The summed E-state index contributed by atoms with van der Waals surface area (Å²) in [6.45, 7) is 4.58. The van der Waals surface area contributed by atoms with Gasteiger partial charge in [-0.25, -0.2) is 0 Å². The van der Waals surface area contributed by atoms with E-state index in [1.165, 1.54) is 171 Å². The van der Waals surface area contributed by atoms with E-state index in [2.05, 4.69) is 48.1 Å². The molecule has 0 radical (unpaired) electrons. The average Bonchev–Trinajstić information content (AvgIpc) is 4.11. The Morgan fingerprint density at radius 2 is 0.859 bits per heavy atom. The van der Waals surface area contributed by atoms with Gasteiger partial charge in [0.25, 0.3) is 0 Å². The van der Waals surface area contributed by atoms with Crippen LogP contribution in [0.25, 0.3) is 28.3 Å². The van der Waals surface area contributed by atoms with Gasteiger partial charge in [0.1, 0.15) is 17.3 Å². The Hall–Kier alpha value is -4.91. The van der Waals surface area contributed by atoms with Gasteiger partial charge in [-0.15, -0.1) is 0 Å². The van der Waals surface area contributed by atoms with E-state index in [-0.39, 0.29) is 5.78 Å². The number of unbranched alkanes of at least 4 members (excludes halogenated alkanes) is 22. The number of H-pyrrole nitrogens is 2. The number of aromatic nitrogens is 2. The minimum atomic E-state index is -1.04. The van der Waals surface area contributed by atoms with Gasteiger partial charge in [-0.05, 0) is 84.3 Å². The molecule has 0 unspecified atom stereocenters. The highest BCUT2D eigenvalue weighted by molar-refractivity contribution is 6.41. The highest BCUT2D eigenvalue weighted by atomic mass is 16.8. The van der Waals surface area contributed by atoms with E-state index in [1.54, 1.807) is 0 Å². The van der Waals surface area contributed by atoms with E-state index in [0.29, 0.717) is 28.6 Å². The zero-order valence-corrected chi connectivity index (χ0v) is 39.4. The third-order valence-corrected chi connectivity index (χ3v) is 12.9. The van der Waals surface area contributed by atoms with Gasteiger partial charge in [0.2, 0.25) is 5.78 Å². The monoisotopic (exact) mass is 865 g/mol. The van der Waals surface area contributed by atoms with Crippen molar-refractivity contribution < 1.29 is 18.8 Å². The number of carbonyl (C=O) groups excluding carboxylic acids is 1. The summed E-state index contributed by atoms with van der Waals surface area (Å²) < 4.78 is 19.3. The van der Waals surface area contributed by atoms with Crippen molar-refractivity contribution in [2.24, 2.45) is 0 Å². The maximum absolute atomic E-state index is 13.9. The minimum absolute atomic E-state index is 0.210. The van der Waals surface area contributed by atoms with Gasteiger partial charge in [0.05, 0.1) is 11.4 Å². The topological polar surface area (TPSA) is 76.3 Å². The molecule has 0 fully saturated rings. The van der Waals surface area contributed by atoms with Crippen molar-refractivity contribution in [2.75, 3.05) is 0 Å². The van der Waals surface area contributed by atoms with Crippen LogP contribution in [-0.2, 0) is 17.5 Å². The van der Waals surface area contributed by atoms with E-state index >= 15 is 0 Å². The van der Waals surface area contributed by atoms with Crippen LogP contribution in [0.15, 0.2) is 103 Å². The predicted octanol–water partition coefficient (Wildman–Crippen LogP) is 16.9. The van der Waals surface area contributed by atoms with Crippen LogP contribution >= 0.6 is 0 Å². The van der Waals surface area contributed by atoms with E-state index in [4.69, 9.17) is 14.0 Å². The first-order chi connectivity index (χ1) is 31.6. The number of fused-ring (bicyclic) bond motifs is 1. The molecule has 0 bridgehead atoms. The molecular formula is C57H77BN2O4. The van der Waals surface area contributed by atoms with Crippen LogP contribution in [0.2, 0.25) is 0 Å². The molecule has 342 valence electrons. The van der Waals surface area contributed by atoms with Crippen molar-refractivity contribution in [3.05, 3.63) is 126 Å². The largest absolute Gasteiger partial charge is 0.864 e. The van der Waals surface area contributed by atoms with Crippen LogP contribution in [0, 0.1) is 0 Å². The summed E-state index contributed by atoms with van der Waals surface area (Å²) in [4.78, 5) is 20.6. The van der Waals surface area contributed by atoms with Crippen LogP contribution in [0.4, 0.5) is 0 Å². The fourth-order valence-electron chi connectivity index (χ4n) is 9.01. The molecule has 3 heterocycles. The van der Waals surface area contributed by atoms with Crippen LogP contribution in [0.5, 0.6) is 11.5 Å². The third-order valence-electron chi connectivity index (χ3n) is 12.9. The van der Waals surface area contributed by atoms with E-state index < -0.39 is 7.32 Å². The van der Waals surface area contributed by atoms with E-state index in [0.717, 1.165) is 35.4 Å². The molecular weight excluding hydrogens is 787 g/mol. The summed E-state index contributed by atoms with van der Waals surface area (Å²) in [5.74, 6) is 1.54. The molecule has 0 atom stereocenters. The summed E-state index contributed by atoms with van der Waals surface area (Å²) in [6, 6.07) is 32.2. The van der Waals surface area contributed by atoms with Gasteiger partial charge in [-0.1, -0.05) is 216 Å². The maximum atomic E-state index is 13.9. The molecule has 7 heteroatoms. The fourth-order valence-corrected chi connectivity index (χ4v) is 9.01. The number of benzene rings is 3. The highest BCUT2D eigenvalue weighted by Gasteiger charge is 2.39. The van der Waals surface area contributed by atoms with Crippen LogP contribution in [0.3, 0.4) is 0 Å². The molecule has 0 spiro atoms. The molecule has 2 aromatic heterocycles. The molecule has 0 aliphatic carbocycles. The number of rotatable bonds is 33. The fraction of sp³-hybridized carbons (Fsp3) is 0.491. The predicted molar refractivity (Wildman–Crippen MR) is 269 cm³/mol. The van der Waals surface area contributed by atoms with Gasteiger partial charge in [-0.2, -0.15) is 0 Å². The molecule has 6 nitrogen and oxygen atoms in total. The lowest BCUT2D eigenvalue weighted by Crippen LogP contribution is -2.28. The van der Waals surface area contributed by atoms with Crippen LogP contribution in [0.1, 0.15) is 195 Å². The third kappa shape index (κ3) is 16.3. The average molecular weight is 865 g/mol. The number of ketones is 1. The quantitative estimate of drug-likeness (QED) is 0.0145. The first kappa shape index (κ1) is 48.5. The Kier molecular flexibility index (Phi) is 21.3. The number of aryl methyl sites for hydroxylation is 2. The van der Waals surface area contributed by atoms with Crippen molar-refractivity contribution >= 4 is 18.9 Å². The zero-order valence-electron chi connectivity index (χ0n) is 39.4. The Morgan fingerprint density at radius 1 is 0.484 bits per heavy atom. The smallest absolute Gasteiger partial charge is 0.488 e. The maximum Gasteiger partial charge on any atom is 0.864 e. The summed E-state index contributed by atoms with van der Waals surface area (Å²) >= 11 is 0. The lowest BCUT2D eigenvalue weighted by molar-refractivity contribution is 0.104. The normalized spacial score (nSPS) is 12.3. The highest BCUT2D eigenvalue weighted by Crippen LogP contribution is 2.39. The molecule has 6 rings (SSSR count). The van der Waals surface area contributed by atoms with Crippen LogP contribution < -0.4 is 9.31 Å². The molecule has 3 aromatic carbocycles. The van der Waals surface area contributed by atoms with Gasteiger partial charge in [0.15, 0.2) is 0 Å². The molecule has 64 heavy (non-hydrogen) atoms. The van der Waals surface area contributed by atoms with Gasteiger partial charge >= 0.3 is 7.32 Å². The number of hydrogen-bond acceptors (Lipinski definition) is 4. The summed E-state index contributed by atoms with van der Waals surface area (Å²) in [7, 11) is -1.04. The second kappa shape index (κ2) is 28.1. The summed E-state index contributed by atoms with van der Waals surface area (Å²) in [5, 5.41) is 0. The minimum Gasteiger partial charge on any atom is -0.488 e. The molecule has 0 saturated carbocycles. The number of aromatic amines is 2. The second-order valence-electron chi connectivity index (χ2n) is 18.2. The Bertz CT molecular complexity index is 2030. The second-order valence-corrected chi connectivity index (χ2v) is 18.2. The molecule has 1 aliphatic heterocycles. The van der Waals surface area contributed by atoms with Crippen LogP contribution in [-0.4, -0.2) is 23.1 Å². The number of nitrogens with one attached hydrogen (secondary N) is 2. The first-order valence-corrected chi connectivity index (χ1v) is 25.5. The summed E-state index contributed by atoms with van der Waals surface area (Å²) in [5.41, 5.74) is 7.71. The lowest BCUT2D eigenvalue weighted by atomic mass is 9.95. The standard InChI is InChI=1S/C57H77BN2O4/c1-3-5-7-9-11-13-15-17-19-21-23-27-37-48-43-56-57(44-49(48)38-28-24-22-20-18-16-14-12-10-8-6-4-2)64-58(63-56)62-55(53-42-40-51(60-53)47-35-31-26-32-36-47)45-54(61)52-41-39-50(59-52)46-33-29-25-30-34-46/h25-26,29-36,39-45,59-60H,3-24,27-28,37-38H2,1-2H3/b55-45-. The molecule has 0 saturated heterocycles.